The molecule has 0 aromatic carbocycles. The third kappa shape index (κ3) is 2.96. The molecule has 4 saturated carbocycles. The molecule has 0 aromatic heterocycles. The van der Waals surface area contributed by atoms with Crippen molar-refractivity contribution < 1.29 is 15.0 Å². The number of hydrogen-bond acceptors (Lipinski definition) is 3. The molecule has 182 valence electrons. The number of rotatable bonds is 5. The van der Waals surface area contributed by atoms with Crippen molar-refractivity contribution in [1.29, 1.82) is 0 Å². The lowest BCUT2D eigenvalue weighted by Crippen LogP contribution is -2.65. The molecule has 0 radical (unpaired) electrons. The highest BCUT2D eigenvalue weighted by atomic mass is 16.3. The zero-order chi connectivity index (χ0) is 23.1. The van der Waals surface area contributed by atoms with E-state index in [1.54, 1.807) is 0 Å². The molecule has 3 N–H and O–H groups in total. The fraction of sp³-hybridized carbons (Fsp3) is 0.964. The van der Waals surface area contributed by atoms with Gasteiger partial charge in [-0.15, -0.1) is 0 Å². The molecular weight excluding hydrogens is 398 g/mol. The Morgan fingerprint density at radius 3 is 2.50 bits per heavy atom. The van der Waals surface area contributed by atoms with Crippen LogP contribution in [0.2, 0.25) is 0 Å². The van der Waals surface area contributed by atoms with Gasteiger partial charge in [-0.25, -0.2) is 0 Å². The maximum absolute atomic E-state index is 13.4. The molecule has 4 nitrogen and oxygen atoms in total. The molecule has 5 rings (SSSR count). The highest BCUT2D eigenvalue weighted by Crippen LogP contribution is 2.74. The quantitative estimate of drug-likeness (QED) is 0.540. The number of carbonyl (C=O) groups excluding carboxylic acids is 1. The Morgan fingerprint density at radius 2 is 1.78 bits per heavy atom. The normalized spacial score (nSPS) is 52.9. The summed E-state index contributed by atoms with van der Waals surface area (Å²) in [6, 6.07) is 0. The minimum atomic E-state index is -1.08. The minimum Gasteiger partial charge on any atom is -0.393 e. The van der Waals surface area contributed by atoms with E-state index < -0.39 is 17.2 Å². The van der Waals surface area contributed by atoms with Crippen LogP contribution >= 0.6 is 0 Å². The van der Waals surface area contributed by atoms with E-state index in [1.807, 2.05) is 0 Å². The van der Waals surface area contributed by atoms with Crippen LogP contribution < -0.4 is 5.32 Å². The number of fused-ring (bicyclic) bond motifs is 6. The molecule has 0 unspecified atom stereocenters. The lowest BCUT2D eigenvalue weighted by molar-refractivity contribution is -0.225. The van der Waals surface area contributed by atoms with Crippen LogP contribution in [0, 0.1) is 51.8 Å². The van der Waals surface area contributed by atoms with Gasteiger partial charge in [0.1, 0.15) is 5.72 Å². The monoisotopic (exact) mass is 445 g/mol. The zero-order valence-electron chi connectivity index (χ0n) is 21.1. The number of nitrogens with one attached hydrogen (secondary N) is 1. The molecule has 1 saturated heterocycles. The Labute approximate surface area is 195 Å². The molecule has 0 aromatic rings. The van der Waals surface area contributed by atoms with E-state index in [4.69, 9.17) is 0 Å². The van der Waals surface area contributed by atoms with E-state index in [1.165, 1.54) is 38.5 Å². The minimum absolute atomic E-state index is 0.0222. The van der Waals surface area contributed by atoms with Gasteiger partial charge < -0.3 is 15.5 Å². The summed E-state index contributed by atoms with van der Waals surface area (Å²) in [5.74, 6) is 3.29. The molecule has 1 spiro atoms. The fourth-order valence-electron chi connectivity index (χ4n) is 10.3. The van der Waals surface area contributed by atoms with Crippen LogP contribution in [-0.4, -0.2) is 27.9 Å². The van der Waals surface area contributed by atoms with Gasteiger partial charge in [-0.05, 0) is 85.4 Å². The van der Waals surface area contributed by atoms with Gasteiger partial charge in [0, 0.05) is 12.3 Å². The van der Waals surface area contributed by atoms with Crippen molar-refractivity contribution in [2.75, 3.05) is 0 Å². The number of aliphatic hydroxyl groups excluding tert-OH is 1. The van der Waals surface area contributed by atoms with Crippen molar-refractivity contribution in [2.24, 2.45) is 51.8 Å². The third-order valence-corrected chi connectivity index (χ3v) is 11.9. The van der Waals surface area contributed by atoms with Crippen LogP contribution in [0.3, 0.4) is 0 Å². The zero-order valence-corrected chi connectivity index (χ0v) is 21.1. The van der Waals surface area contributed by atoms with Gasteiger partial charge in [0.15, 0.2) is 0 Å². The van der Waals surface area contributed by atoms with Crippen molar-refractivity contribution >= 4 is 5.91 Å². The largest absolute Gasteiger partial charge is 0.393 e. The van der Waals surface area contributed by atoms with Gasteiger partial charge in [-0.2, -0.15) is 0 Å². The summed E-state index contributed by atoms with van der Waals surface area (Å²) < 4.78 is 0. The predicted molar refractivity (Wildman–Crippen MR) is 126 cm³/mol. The van der Waals surface area contributed by atoms with Crippen molar-refractivity contribution in [3.8, 4) is 0 Å². The summed E-state index contributed by atoms with van der Waals surface area (Å²) in [4.78, 5) is 13.4. The van der Waals surface area contributed by atoms with Gasteiger partial charge in [0.2, 0.25) is 5.91 Å². The van der Waals surface area contributed by atoms with E-state index >= 15 is 0 Å². The lowest BCUT2D eigenvalue weighted by atomic mass is 9.39. The number of carbonyl (C=O) groups is 1. The molecule has 1 aliphatic heterocycles. The Kier molecular flexibility index (Phi) is 5.38. The van der Waals surface area contributed by atoms with Crippen molar-refractivity contribution in [1.82, 2.24) is 5.32 Å². The van der Waals surface area contributed by atoms with Crippen LogP contribution in [-0.2, 0) is 4.79 Å². The molecule has 2 bridgehead atoms. The van der Waals surface area contributed by atoms with Gasteiger partial charge in [-0.3, -0.25) is 4.79 Å². The first-order valence-electron chi connectivity index (χ1n) is 13.7. The third-order valence-electron chi connectivity index (χ3n) is 11.9. The average Bonchev–Trinajstić information content (AvgIpc) is 3.17. The highest BCUT2D eigenvalue weighted by Gasteiger charge is 2.76. The summed E-state index contributed by atoms with van der Waals surface area (Å²) in [7, 11) is 0. The maximum Gasteiger partial charge on any atom is 0.229 e. The Hall–Kier alpha value is -0.610. The highest BCUT2D eigenvalue weighted by molar-refractivity contribution is 5.87. The molecule has 4 aliphatic carbocycles. The second kappa shape index (κ2) is 7.44. The van der Waals surface area contributed by atoms with Crippen LogP contribution in [0.25, 0.3) is 0 Å². The average molecular weight is 446 g/mol. The Bertz CT molecular complexity index is 768. The smallest absolute Gasteiger partial charge is 0.229 e. The number of hydrogen-bond donors (Lipinski definition) is 3. The molecular formula is C28H47NO3. The van der Waals surface area contributed by atoms with E-state index in [0.29, 0.717) is 24.7 Å². The summed E-state index contributed by atoms with van der Waals surface area (Å²) in [5.41, 5.74) is -1.51. The van der Waals surface area contributed by atoms with E-state index in [2.05, 4.69) is 39.9 Å². The SMILES string of the molecule is CC(C)CCC[C@@H](C)[C@H]1CC[C@H]2[C@H]3[C@H](CC[C@]12C)[C@@]1(C)CC[C@H](O)C[C@]12C[C@@]3(O)NC2=O. The number of amides is 1. The van der Waals surface area contributed by atoms with Crippen molar-refractivity contribution in [3.05, 3.63) is 0 Å². The van der Waals surface area contributed by atoms with Crippen LogP contribution in [0.4, 0.5) is 0 Å². The first-order valence-corrected chi connectivity index (χ1v) is 13.7. The van der Waals surface area contributed by atoms with E-state index in [-0.39, 0.29) is 22.7 Å². The van der Waals surface area contributed by atoms with Gasteiger partial charge in [0.25, 0.3) is 0 Å². The Morgan fingerprint density at radius 1 is 1.03 bits per heavy atom. The van der Waals surface area contributed by atoms with Gasteiger partial charge in [-0.1, -0.05) is 53.9 Å². The topological polar surface area (TPSA) is 69.6 Å². The van der Waals surface area contributed by atoms with Crippen molar-refractivity contribution in [2.45, 2.75) is 117 Å². The first kappa shape index (κ1) is 23.1. The van der Waals surface area contributed by atoms with Crippen LogP contribution in [0.15, 0.2) is 0 Å². The molecule has 4 heteroatoms. The maximum atomic E-state index is 13.4. The lowest BCUT2D eigenvalue weighted by Gasteiger charge is -2.65. The van der Waals surface area contributed by atoms with Crippen LogP contribution in [0.1, 0.15) is 105 Å². The first-order chi connectivity index (χ1) is 15.0. The van der Waals surface area contributed by atoms with Crippen molar-refractivity contribution in [3.63, 3.8) is 0 Å². The van der Waals surface area contributed by atoms with Crippen LogP contribution in [0.5, 0.6) is 0 Å². The molecule has 5 aliphatic rings. The standard InChI is InChI=1S/C28H47NO3/c1-17(2)7-6-8-18(3)20-9-10-21-23-22(12-13-25(20,21)4)26(5)14-11-19(30)15-27(26)16-28(23,32)29-24(27)31/h17-23,30,32H,6-16H2,1-5H3,(H,29,31)/t18-,19+,20-,21+,22+,23+,25-,26-,27-,28+/m1/s1. The molecule has 5 fully saturated rings. The molecule has 32 heavy (non-hydrogen) atoms. The second-order valence-electron chi connectivity index (χ2n) is 13.7. The summed E-state index contributed by atoms with van der Waals surface area (Å²) in [6.07, 6.45) is 11.1. The molecule has 1 amide bonds. The molecule has 10 atom stereocenters. The summed E-state index contributed by atoms with van der Waals surface area (Å²) >= 11 is 0. The van der Waals surface area contributed by atoms with Gasteiger partial charge >= 0.3 is 0 Å². The predicted octanol–water partition coefficient (Wildman–Crippen LogP) is 5.27. The number of aliphatic hydroxyl groups is 2. The Balaban J connectivity index is 1.44. The van der Waals surface area contributed by atoms with Gasteiger partial charge in [0.05, 0.1) is 11.5 Å². The van der Waals surface area contributed by atoms with E-state index in [0.717, 1.165) is 37.0 Å². The summed E-state index contributed by atoms with van der Waals surface area (Å²) in [5, 5.41) is 25.7. The van der Waals surface area contributed by atoms with E-state index in [9.17, 15) is 15.0 Å². The fourth-order valence-corrected chi connectivity index (χ4v) is 10.3. The molecule has 1 heterocycles. The summed E-state index contributed by atoms with van der Waals surface area (Å²) in [6.45, 7) is 12.0. The second-order valence-corrected chi connectivity index (χ2v) is 13.7.